The van der Waals surface area contributed by atoms with E-state index in [1.807, 2.05) is 19.1 Å². The molecule has 1 saturated carbocycles. The number of nitriles is 1. The second-order valence-electron chi connectivity index (χ2n) is 5.89. The summed E-state index contributed by atoms with van der Waals surface area (Å²) in [6.07, 6.45) is 5.28. The summed E-state index contributed by atoms with van der Waals surface area (Å²) in [5, 5.41) is 8.88. The normalized spacial score (nSPS) is 20.4. The predicted octanol–water partition coefficient (Wildman–Crippen LogP) is 4.34. The molecule has 0 radical (unpaired) electrons. The molecule has 1 aliphatic rings. The molecule has 1 aromatic rings. The van der Waals surface area contributed by atoms with E-state index in [0.717, 1.165) is 6.42 Å². The highest BCUT2D eigenvalue weighted by Crippen LogP contribution is 2.42. The zero-order chi connectivity index (χ0) is 15.9. The minimum atomic E-state index is -0.268. The first kappa shape index (κ1) is 16.3. The highest BCUT2D eigenvalue weighted by molar-refractivity contribution is 5.87. The van der Waals surface area contributed by atoms with Gasteiger partial charge in [-0.05, 0) is 62.1 Å². The molecule has 0 amide bonds. The van der Waals surface area contributed by atoms with Crippen LogP contribution in [-0.2, 0) is 9.53 Å². The van der Waals surface area contributed by atoms with Gasteiger partial charge in [-0.2, -0.15) is 5.26 Å². The Balaban J connectivity index is 1.94. The largest absolute Gasteiger partial charge is 0.463 e. The van der Waals surface area contributed by atoms with E-state index in [2.05, 4.69) is 24.8 Å². The molecule has 116 valence electrons. The molecule has 1 fully saturated rings. The number of rotatable bonds is 6. The maximum atomic E-state index is 11.6. The number of carbonyl (C=O) groups is 1. The Bertz CT molecular complexity index is 568. The van der Waals surface area contributed by atoms with E-state index in [0.29, 0.717) is 36.0 Å². The van der Waals surface area contributed by atoms with Gasteiger partial charge in [0.2, 0.25) is 0 Å². The maximum absolute atomic E-state index is 11.6. The van der Waals surface area contributed by atoms with Gasteiger partial charge in [-0.15, -0.1) is 0 Å². The minimum absolute atomic E-state index is 0.268. The lowest BCUT2D eigenvalue weighted by molar-refractivity contribution is -0.138. The van der Waals surface area contributed by atoms with Crippen molar-refractivity contribution in [3.8, 4) is 6.07 Å². The summed E-state index contributed by atoms with van der Waals surface area (Å²) >= 11 is 0. The topological polar surface area (TPSA) is 50.1 Å². The molecule has 0 aromatic heterocycles. The van der Waals surface area contributed by atoms with Crippen molar-refractivity contribution < 1.29 is 9.53 Å². The first-order valence-corrected chi connectivity index (χ1v) is 8.00. The number of carbonyl (C=O) groups excluding carboxylic acids is 1. The Kier molecular flexibility index (Phi) is 5.77. The van der Waals surface area contributed by atoms with E-state index in [1.165, 1.54) is 24.8 Å². The van der Waals surface area contributed by atoms with Gasteiger partial charge >= 0.3 is 5.97 Å². The average molecular weight is 297 g/mol. The van der Waals surface area contributed by atoms with E-state index in [-0.39, 0.29) is 5.97 Å². The second kappa shape index (κ2) is 7.79. The van der Waals surface area contributed by atoms with Gasteiger partial charge in [0.05, 0.1) is 18.2 Å². The zero-order valence-corrected chi connectivity index (χ0v) is 13.2. The van der Waals surface area contributed by atoms with Crippen molar-refractivity contribution in [1.82, 2.24) is 0 Å². The first-order valence-electron chi connectivity index (χ1n) is 8.00. The van der Waals surface area contributed by atoms with Crippen LogP contribution in [0.2, 0.25) is 0 Å². The fourth-order valence-corrected chi connectivity index (χ4v) is 3.32. The number of benzene rings is 1. The molecular weight excluding hydrogens is 274 g/mol. The van der Waals surface area contributed by atoms with E-state index in [9.17, 15) is 4.79 Å². The Hall–Kier alpha value is -2.08. The third kappa shape index (κ3) is 3.98. The van der Waals surface area contributed by atoms with Crippen LogP contribution in [0.15, 0.2) is 36.4 Å². The smallest absolute Gasteiger partial charge is 0.333 e. The minimum Gasteiger partial charge on any atom is -0.463 e. The van der Waals surface area contributed by atoms with Gasteiger partial charge < -0.3 is 4.74 Å². The van der Waals surface area contributed by atoms with Gasteiger partial charge in [0.1, 0.15) is 0 Å². The zero-order valence-electron chi connectivity index (χ0n) is 13.2. The number of hydrogen-bond donors (Lipinski definition) is 0. The van der Waals surface area contributed by atoms with Crippen LogP contribution in [0, 0.1) is 17.2 Å². The lowest BCUT2D eigenvalue weighted by atomic mass is 9.85. The molecule has 0 saturated heterocycles. The molecule has 0 N–H and O–H groups in total. The third-order valence-electron chi connectivity index (χ3n) is 4.51. The Labute approximate surface area is 132 Å². The number of nitrogens with zero attached hydrogens (tertiary/aromatic N) is 1. The molecule has 0 aliphatic heterocycles. The summed E-state index contributed by atoms with van der Waals surface area (Å²) in [5.41, 5.74) is 2.59. The van der Waals surface area contributed by atoms with Crippen molar-refractivity contribution in [2.24, 2.45) is 5.92 Å². The molecule has 22 heavy (non-hydrogen) atoms. The first-order chi connectivity index (χ1) is 10.7. The van der Waals surface area contributed by atoms with Gasteiger partial charge in [-0.3, -0.25) is 0 Å². The van der Waals surface area contributed by atoms with E-state index in [1.54, 1.807) is 0 Å². The summed E-state index contributed by atoms with van der Waals surface area (Å²) in [4.78, 5) is 11.6. The summed E-state index contributed by atoms with van der Waals surface area (Å²) in [6.45, 7) is 6.05. The molecule has 3 nitrogen and oxygen atoms in total. The van der Waals surface area contributed by atoms with Crippen LogP contribution >= 0.6 is 0 Å². The highest BCUT2D eigenvalue weighted by Gasteiger charge is 2.28. The molecule has 3 heteroatoms. The van der Waals surface area contributed by atoms with Crippen molar-refractivity contribution in [3.05, 3.63) is 47.5 Å². The summed E-state index contributed by atoms with van der Waals surface area (Å²) in [5.74, 6) is 0.845. The van der Waals surface area contributed by atoms with Crippen molar-refractivity contribution in [1.29, 1.82) is 5.26 Å². The molecular formula is C19H23NO2. The van der Waals surface area contributed by atoms with Gasteiger partial charge in [0.15, 0.2) is 0 Å². The lowest BCUT2D eigenvalue weighted by Crippen LogP contribution is -2.11. The number of hydrogen-bond acceptors (Lipinski definition) is 3. The van der Waals surface area contributed by atoms with Gasteiger partial charge in [0, 0.05) is 5.57 Å². The highest BCUT2D eigenvalue weighted by atomic mass is 16.5. The molecule has 0 spiro atoms. The van der Waals surface area contributed by atoms with Gasteiger partial charge in [0.25, 0.3) is 0 Å². The summed E-state index contributed by atoms with van der Waals surface area (Å²) < 4.78 is 4.99. The van der Waals surface area contributed by atoms with Crippen molar-refractivity contribution >= 4 is 5.97 Å². The molecule has 1 unspecified atom stereocenters. The van der Waals surface area contributed by atoms with Crippen molar-refractivity contribution in [2.75, 3.05) is 6.61 Å². The van der Waals surface area contributed by atoms with Crippen LogP contribution in [0.1, 0.15) is 56.1 Å². The monoisotopic (exact) mass is 297 g/mol. The van der Waals surface area contributed by atoms with E-state index in [4.69, 9.17) is 10.00 Å². The fourth-order valence-electron chi connectivity index (χ4n) is 3.32. The predicted molar refractivity (Wildman–Crippen MR) is 86.2 cm³/mol. The van der Waals surface area contributed by atoms with Gasteiger partial charge in [-0.1, -0.05) is 25.1 Å². The molecule has 2 atom stereocenters. The SMILES string of the molecule is C=C(CC[C@@H]1CCCC1c1ccc(C#N)cc1)C(=O)OCC. The van der Waals surface area contributed by atoms with Crippen molar-refractivity contribution in [2.45, 2.75) is 44.9 Å². The maximum Gasteiger partial charge on any atom is 0.333 e. The Morgan fingerprint density at radius 1 is 1.36 bits per heavy atom. The standard InChI is InChI=1S/C19H23NO2/c1-3-22-19(21)14(2)7-10-16-5-4-6-18(16)17-11-8-15(13-20)9-12-17/h8-9,11-12,16,18H,2-7,10H2,1H3/t16-,18?/m0/s1. The van der Waals surface area contributed by atoms with Crippen LogP contribution < -0.4 is 0 Å². The van der Waals surface area contributed by atoms with Crippen LogP contribution in [0.25, 0.3) is 0 Å². The summed E-state index contributed by atoms with van der Waals surface area (Å²) in [6, 6.07) is 10.1. The van der Waals surface area contributed by atoms with Crippen molar-refractivity contribution in [3.63, 3.8) is 0 Å². The molecule has 2 rings (SSSR count). The number of esters is 1. The van der Waals surface area contributed by atoms with Crippen LogP contribution in [0.3, 0.4) is 0 Å². The summed E-state index contributed by atoms with van der Waals surface area (Å²) in [7, 11) is 0. The molecule has 0 bridgehead atoms. The van der Waals surface area contributed by atoms with Gasteiger partial charge in [-0.25, -0.2) is 4.79 Å². The molecule has 0 heterocycles. The third-order valence-corrected chi connectivity index (χ3v) is 4.51. The van der Waals surface area contributed by atoms with Crippen LogP contribution in [0.4, 0.5) is 0 Å². The van der Waals surface area contributed by atoms with Crippen LogP contribution in [0.5, 0.6) is 0 Å². The lowest BCUT2D eigenvalue weighted by Gasteiger charge is -2.20. The molecule has 1 aromatic carbocycles. The van der Waals surface area contributed by atoms with Crippen LogP contribution in [-0.4, -0.2) is 12.6 Å². The number of ether oxygens (including phenoxy) is 1. The Morgan fingerprint density at radius 2 is 2.09 bits per heavy atom. The quantitative estimate of drug-likeness (QED) is 0.579. The van der Waals surface area contributed by atoms with E-state index >= 15 is 0 Å². The average Bonchev–Trinajstić information content (AvgIpc) is 3.01. The fraction of sp³-hybridized carbons (Fsp3) is 0.474. The second-order valence-corrected chi connectivity index (χ2v) is 5.89. The Morgan fingerprint density at radius 3 is 2.73 bits per heavy atom. The molecule has 1 aliphatic carbocycles. The van der Waals surface area contributed by atoms with E-state index < -0.39 is 0 Å².